The Bertz CT molecular complexity index is 1380. The number of para-hydroxylation sites is 1. The van der Waals surface area contributed by atoms with Crippen molar-refractivity contribution in [1.29, 1.82) is 0 Å². The molecule has 0 unspecified atom stereocenters. The standard InChI is InChI=1S/C25H28N6O2/c1-3-31-20-7-5-4-6-15(20)13-22(31)24-28-19-12-16(8-9-21(19)29(24)2)25(33)30-11-10-17(23(27)32)18(26)14-30/h4-9,12-13,17-18H,3,10-11,14,26H2,1-2H3,(H2,27,32)/t17-,18+/m1/s1. The third-order valence-corrected chi connectivity index (χ3v) is 6.79. The SMILES string of the molecule is CCn1c(-c2nc3cc(C(=O)N4CC[C@@H](C(N)=O)[C@@H](N)C4)ccc3n2C)cc2ccccc21. The number of aromatic nitrogens is 3. The van der Waals surface area contributed by atoms with Crippen LogP contribution in [0, 0.1) is 5.92 Å². The number of hydrogen-bond donors (Lipinski definition) is 2. The highest BCUT2D eigenvalue weighted by molar-refractivity contribution is 5.98. The van der Waals surface area contributed by atoms with Crippen LogP contribution in [0.5, 0.6) is 0 Å². The molecule has 0 aliphatic carbocycles. The highest BCUT2D eigenvalue weighted by atomic mass is 16.2. The largest absolute Gasteiger partial charge is 0.369 e. The van der Waals surface area contributed by atoms with Crippen LogP contribution in [0.3, 0.4) is 0 Å². The summed E-state index contributed by atoms with van der Waals surface area (Å²) in [5.74, 6) is -0.0381. The number of carbonyl (C=O) groups excluding carboxylic acids is 2. The van der Waals surface area contributed by atoms with Crippen LogP contribution in [-0.4, -0.2) is 50.0 Å². The zero-order valence-corrected chi connectivity index (χ0v) is 18.9. The number of nitrogens with zero attached hydrogens (tertiary/aromatic N) is 4. The van der Waals surface area contributed by atoms with Crippen molar-refractivity contribution < 1.29 is 9.59 Å². The van der Waals surface area contributed by atoms with Crippen molar-refractivity contribution >= 4 is 33.8 Å². The van der Waals surface area contributed by atoms with Crippen molar-refractivity contribution in [3.8, 4) is 11.5 Å². The van der Waals surface area contributed by atoms with Crippen LogP contribution >= 0.6 is 0 Å². The van der Waals surface area contributed by atoms with Crippen molar-refractivity contribution in [3.05, 3.63) is 54.1 Å². The van der Waals surface area contributed by atoms with Gasteiger partial charge < -0.3 is 25.5 Å². The summed E-state index contributed by atoms with van der Waals surface area (Å²) >= 11 is 0. The highest BCUT2D eigenvalue weighted by Gasteiger charge is 2.32. The minimum Gasteiger partial charge on any atom is -0.369 e. The molecular weight excluding hydrogens is 416 g/mol. The van der Waals surface area contributed by atoms with Gasteiger partial charge in [0.05, 0.1) is 22.6 Å². The van der Waals surface area contributed by atoms with Crippen molar-refractivity contribution in [1.82, 2.24) is 19.0 Å². The van der Waals surface area contributed by atoms with Gasteiger partial charge in [-0.2, -0.15) is 0 Å². The number of rotatable bonds is 4. The van der Waals surface area contributed by atoms with Gasteiger partial charge in [0.1, 0.15) is 0 Å². The van der Waals surface area contributed by atoms with Gasteiger partial charge in [-0.1, -0.05) is 18.2 Å². The molecule has 33 heavy (non-hydrogen) atoms. The number of nitrogens with two attached hydrogens (primary N) is 2. The molecule has 3 heterocycles. The van der Waals surface area contributed by atoms with E-state index in [0.29, 0.717) is 25.1 Å². The van der Waals surface area contributed by atoms with E-state index in [2.05, 4.69) is 34.3 Å². The van der Waals surface area contributed by atoms with Gasteiger partial charge in [-0.05, 0) is 43.7 Å². The van der Waals surface area contributed by atoms with Crippen LogP contribution in [0.1, 0.15) is 23.7 Å². The Morgan fingerprint density at radius 2 is 1.91 bits per heavy atom. The van der Waals surface area contributed by atoms with E-state index < -0.39 is 11.9 Å². The zero-order chi connectivity index (χ0) is 23.3. The molecule has 0 radical (unpaired) electrons. The number of hydrogen-bond acceptors (Lipinski definition) is 4. The molecule has 4 aromatic rings. The summed E-state index contributed by atoms with van der Waals surface area (Å²) < 4.78 is 4.32. The highest BCUT2D eigenvalue weighted by Crippen LogP contribution is 2.30. The summed E-state index contributed by atoms with van der Waals surface area (Å²) in [7, 11) is 2.00. The van der Waals surface area contributed by atoms with Gasteiger partial charge in [-0.25, -0.2) is 4.98 Å². The van der Waals surface area contributed by atoms with Gasteiger partial charge in [0, 0.05) is 49.2 Å². The average Bonchev–Trinajstić information content (AvgIpc) is 3.35. The number of benzene rings is 2. The lowest BCUT2D eigenvalue weighted by molar-refractivity contribution is -0.123. The number of amides is 2. The Labute approximate surface area is 191 Å². The number of carbonyl (C=O) groups is 2. The smallest absolute Gasteiger partial charge is 0.253 e. The molecule has 0 bridgehead atoms. The molecule has 1 aliphatic rings. The van der Waals surface area contributed by atoms with E-state index in [0.717, 1.165) is 29.1 Å². The lowest BCUT2D eigenvalue weighted by Crippen LogP contribution is -2.53. The fourth-order valence-electron chi connectivity index (χ4n) is 5.00. The summed E-state index contributed by atoms with van der Waals surface area (Å²) in [6, 6.07) is 15.6. The predicted octanol–water partition coefficient (Wildman–Crippen LogP) is 2.49. The fourth-order valence-corrected chi connectivity index (χ4v) is 5.00. The maximum absolute atomic E-state index is 13.2. The van der Waals surface area contributed by atoms with Crippen LogP contribution in [0.15, 0.2) is 48.5 Å². The molecule has 170 valence electrons. The van der Waals surface area contributed by atoms with Gasteiger partial charge in [0.2, 0.25) is 5.91 Å². The summed E-state index contributed by atoms with van der Waals surface area (Å²) in [5, 5.41) is 1.17. The molecule has 2 amide bonds. The lowest BCUT2D eigenvalue weighted by atomic mass is 9.91. The molecule has 2 aromatic heterocycles. The minimum absolute atomic E-state index is 0.106. The van der Waals surface area contributed by atoms with Gasteiger partial charge in [0.25, 0.3) is 5.91 Å². The maximum atomic E-state index is 13.2. The number of primary amides is 1. The fraction of sp³-hybridized carbons (Fsp3) is 0.320. The number of likely N-dealkylation sites (tertiary alicyclic amines) is 1. The van der Waals surface area contributed by atoms with E-state index in [1.54, 1.807) is 4.90 Å². The van der Waals surface area contributed by atoms with E-state index in [9.17, 15) is 9.59 Å². The van der Waals surface area contributed by atoms with E-state index >= 15 is 0 Å². The second-order valence-electron chi connectivity index (χ2n) is 8.74. The van der Waals surface area contributed by atoms with Crippen LogP contribution in [0.25, 0.3) is 33.5 Å². The molecule has 2 atom stereocenters. The molecule has 8 nitrogen and oxygen atoms in total. The first-order chi connectivity index (χ1) is 15.9. The van der Waals surface area contributed by atoms with Crippen LogP contribution in [-0.2, 0) is 18.4 Å². The number of fused-ring (bicyclic) bond motifs is 2. The van der Waals surface area contributed by atoms with E-state index in [1.807, 2.05) is 37.4 Å². The molecular formula is C25H28N6O2. The van der Waals surface area contributed by atoms with Gasteiger partial charge in [0.15, 0.2) is 5.82 Å². The third-order valence-electron chi connectivity index (χ3n) is 6.79. The Balaban J connectivity index is 1.49. The Hall–Kier alpha value is -3.65. The quantitative estimate of drug-likeness (QED) is 0.504. The minimum atomic E-state index is -0.443. The summed E-state index contributed by atoms with van der Waals surface area (Å²) in [5.41, 5.74) is 16.0. The topological polar surface area (TPSA) is 112 Å². The van der Waals surface area contributed by atoms with Gasteiger partial charge in [-0.3, -0.25) is 9.59 Å². The van der Waals surface area contributed by atoms with Crippen molar-refractivity contribution in [2.45, 2.75) is 25.9 Å². The zero-order valence-electron chi connectivity index (χ0n) is 18.9. The third kappa shape index (κ3) is 3.47. The average molecular weight is 445 g/mol. The Morgan fingerprint density at radius 1 is 1.12 bits per heavy atom. The van der Waals surface area contributed by atoms with Crippen LogP contribution < -0.4 is 11.5 Å². The second-order valence-corrected chi connectivity index (χ2v) is 8.74. The molecule has 0 saturated carbocycles. The molecule has 5 rings (SSSR count). The first-order valence-electron chi connectivity index (χ1n) is 11.3. The Morgan fingerprint density at radius 3 is 2.64 bits per heavy atom. The van der Waals surface area contributed by atoms with Crippen molar-refractivity contribution in [2.75, 3.05) is 13.1 Å². The monoisotopic (exact) mass is 444 g/mol. The van der Waals surface area contributed by atoms with Crippen molar-refractivity contribution in [2.24, 2.45) is 24.4 Å². The second kappa shape index (κ2) is 8.04. The summed E-state index contributed by atoms with van der Waals surface area (Å²) in [6.45, 7) is 3.73. The molecule has 2 aromatic carbocycles. The van der Waals surface area contributed by atoms with Crippen LogP contribution in [0.4, 0.5) is 0 Å². The summed E-state index contributed by atoms with van der Waals surface area (Å²) in [6.07, 6.45) is 0.486. The first-order valence-corrected chi connectivity index (χ1v) is 11.3. The van der Waals surface area contributed by atoms with E-state index in [4.69, 9.17) is 16.5 Å². The first kappa shape index (κ1) is 21.2. The number of imidazole rings is 1. The molecule has 1 fully saturated rings. The molecule has 4 N–H and O–H groups in total. The van der Waals surface area contributed by atoms with E-state index in [-0.39, 0.29) is 11.8 Å². The van der Waals surface area contributed by atoms with E-state index in [1.165, 1.54) is 10.9 Å². The van der Waals surface area contributed by atoms with Crippen molar-refractivity contribution in [3.63, 3.8) is 0 Å². The molecule has 1 saturated heterocycles. The predicted molar refractivity (Wildman–Crippen MR) is 129 cm³/mol. The lowest BCUT2D eigenvalue weighted by Gasteiger charge is -2.35. The molecule has 1 aliphatic heterocycles. The number of piperidine rings is 1. The normalized spacial score (nSPS) is 18.8. The van der Waals surface area contributed by atoms with Gasteiger partial charge >= 0.3 is 0 Å². The van der Waals surface area contributed by atoms with Crippen LogP contribution in [0.2, 0.25) is 0 Å². The maximum Gasteiger partial charge on any atom is 0.253 e. The molecule has 0 spiro atoms. The number of aryl methyl sites for hydroxylation is 2. The summed E-state index contributed by atoms with van der Waals surface area (Å²) in [4.78, 5) is 31.3. The molecule has 8 heteroatoms. The van der Waals surface area contributed by atoms with Gasteiger partial charge in [-0.15, -0.1) is 0 Å². The Kier molecular flexibility index (Phi) is 5.17.